The van der Waals surface area contributed by atoms with Crippen LogP contribution < -0.4 is 0 Å². The van der Waals surface area contributed by atoms with Crippen molar-refractivity contribution in [3.05, 3.63) is 16.7 Å². The van der Waals surface area contributed by atoms with Crippen LogP contribution in [0, 0.1) is 4.91 Å². The van der Waals surface area contributed by atoms with Gasteiger partial charge in [-0.1, -0.05) is 4.17 Å². The minimum absolute atomic E-state index is 0.370. The van der Waals surface area contributed by atoms with Crippen molar-refractivity contribution in [2.24, 2.45) is 0 Å². The monoisotopic (exact) mass is 117 g/mol. The molecule has 3 heteroatoms. The average molecular weight is 117 g/mol. The molecule has 0 saturated heterocycles. The summed E-state index contributed by atoms with van der Waals surface area (Å²) in [6.45, 7) is 3.63. The van der Waals surface area contributed by atoms with Gasteiger partial charge in [-0.05, 0) is 19.4 Å². The van der Waals surface area contributed by atoms with E-state index < -0.39 is 0 Å². The van der Waals surface area contributed by atoms with E-state index in [4.69, 9.17) is 0 Å². The van der Waals surface area contributed by atoms with Crippen LogP contribution in [0.1, 0.15) is 13.8 Å². The minimum Gasteiger partial charge on any atom is -0.365 e. The highest BCUT2D eigenvalue weighted by Crippen LogP contribution is 1.85. The van der Waals surface area contributed by atoms with Gasteiger partial charge in [0.05, 0.1) is 0 Å². The normalized spacial score (nSPS) is 7.71. The Morgan fingerprint density at radius 2 is 2.14 bits per heavy atom. The van der Waals surface area contributed by atoms with Crippen molar-refractivity contribution in [1.29, 1.82) is 0 Å². The fourth-order valence-corrected chi connectivity index (χ4v) is 0.422. The lowest BCUT2D eigenvalue weighted by atomic mass is 10.4. The molecule has 0 aliphatic carbocycles. The highest BCUT2D eigenvalue weighted by atomic mass is 32.1. The third kappa shape index (κ3) is 5.56. The summed E-state index contributed by atoms with van der Waals surface area (Å²) in [6, 6.07) is 0. The molecular formula is C4H7NOS. The first-order valence-electron chi connectivity index (χ1n) is 1.91. The second kappa shape index (κ2) is 2.69. The molecule has 0 spiro atoms. The Balaban J connectivity index is 3.68. The fraction of sp³-hybridized carbons (Fsp3) is 0.500. The summed E-state index contributed by atoms with van der Waals surface area (Å²) in [5.41, 5.74) is 0.921. The maximum atomic E-state index is 9.91. The topological polar surface area (TPSA) is 20.1 Å². The Hall–Kier alpha value is -0.440. The predicted molar refractivity (Wildman–Crippen MR) is 30.4 cm³/mol. The Kier molecular flexibility index (Phi) is 2.52. The van der Waals surface area contributed by atoms with E-state index in [1.807, 2.05) is 13.8 Å². The minimum atomic E-state index is 0.370. The third-order valence-electron chi connectivity index (χ3n) is 0.364. The first kappa shape index (κ1) is 6.56. The van der Waals surface area contributed by atoms with Crippen LogP contribution in [0.25, 0.3) is 0 Å². The SMILES string of the molecule is CC(C)=C[N+](=O)[S-]. The molecule has 2 nitrogen and oxygen atoms in total. The smallest absolute Gasteiger partial charge is 0.200 e. The Morgan fingerprint density at radius 1 is 1.71 bits per heavy atom. The molecule has 7 heavy (non-hydrogen) atoms. The molecule has 0 heterocycles. The second-order valence-corrected chi connectivity index (χ2v) is 1.85. The molecule has 0 unspecified atom stereocenters. The summed E-state index contributed by atoms with van der Waals surface area (Å²) in [4.78, 5) is 9.91. The van der Waals surface area contributed by atoms with Crippen molar-refractivity contribution in [3.8, 4) is 0 Å². The Bertz CT molecular complexity index is 104. The summed E-state index contributed by atoms with van der Waals surface area (Å²) in [6.07, 6.45) is 1.34. The molecule has 0 aromatic heterocycles. The lowest BCUT2D eigenvalue weighted by Gasteiger charge is -1.81. The van der Waals surface area contributed by atoms with Crippen molar-refractivity contribution >= 4 is 12.8 Å². The zero-order valence-corrected chi connectivity index (χ0v) is 5.16. The fourth-order valence-electron chi connectivity index (χ4n) is 0.211. The quantitative estimate of drug-likeness (QED) is 0.379. The largest absolute Gasteiger partial charge is 0.365 e. The number of nitroso groups, excluding NO2 is 1. The first-order chi connectivity index (χ1) is 3.13. The van der Waals surface area contributed by atoms with E-state index in [1.54, 1.807) is 0 Å². The van der Waals surface area contributed by atoms with Crippen LogP contribution in [0.5, 0.6) is 0 Å². The van der Waals surface area contributed by atoms with Crippen molar-refractivity contribution in [3.63, 3.8) is 0 Å². The van der Waals surface area contributed by atoms with E-state index in [0.29, 0.717) is 4.17 Å². The van der Waals surface area contributed by atoms with Gasteiger partial charge in [0.2, 0.25) is 6.20 Å². The number of nitrogens with zero attached hydrogens (tertiary/aromatic N) is 1. The van der Waals surface area contributed by atoms with Gasteiger partial charge in [-0.25, -0.2) is 0 Å². The van der Waals surface area contributed by atoms with Crippen LogP contribution >= 0.6 is 0 Å². The molecule has 0 radical (unpaired) electrons. The van der Waals surface area contributed by atoms with Crippen LogP contribution in [-0.4, -0.2) is 4.17 Å². The van der Waals surface area contributed by atoms with Gasteiger partial charge in [0.15, 0.2) is 0 Å². The molecule has 40 valence electrons. The molecule has 0 aromatic carbocycles. The molecule has 0 atom stereocenters. The number of hydrogen-bond donors (Lipinski definition) is 0. The standard InChI is InChI=1S/C4H7NOS/c1-4(2)3-5(6)7/h3H,1-2H3. The summed E-state index contributed by atoms with van der Waals surface area (Å²) < 4.78 is 0.370. The molecule has 0 aromatic rings. The van der Waals surface area contributed by atoms with Crippen LogP contribution in [-0.2, 0) is 12.8 Å². The maximum absolute atomic E-state index is 9.91. The van der Waals surface area contributed by atoms with E-state index in [9.17, 15) is 4.91 Å². The molecule has 0 aliphatic rings. The van der Waals surface area contributed by atoms with E-state index in [0.717, 1.165) is 5.57 Å². The van der Waals surface area contributed by atoms with Crippen LogP contribution in [0.3, 0.4) is 0 Å². The molecule has 0 rings (SSSR count). The van der Waals surface area contributed by atoms with Crippen molar-refractivity contribution < 1.29 is 4.17 Å². The first-order valence-corrected chi connectivity index (χ1v) is 2.28. The van der Waals surface area contributed by atoms with Crippen molar-refractivity contribution in [1.82, 2.24) is 0 Å². The van der Waals surface area contributed by atoms with E-state index in [-0.39, 0.29) is 0 Å². The average Bonchev–Trinajstić information content (AvgIpc) is 1.27. The van der Waals surface area contributed by atoms with Gasteiger partial charge in [0, 0.05) is 4.91 Å². The lowest BCUT2D eigenvalue weighted by Crippen LogP contribution is -1.83. The molecular weight excluding hydrogens is 110 g/mol. The lowest BCUT2D eigenvalue weighted by molar-refractivity contribution is -0.282. The van der Waals surface area contributed by atoms with Crippen molar-refractivity contribution in [2.45, 2.75) is 13.8 Å². The van der Waals surface area contributed by atoms with Gasteiger partial charge >= 0.3 is 0 Å². The number of hydrogen-bond acceptors (Lipinski definition) is 2. The van der Waals surface area contributed by atoms with Crippen LogP contribution in [0.4, 0.5) is 0 Å². The highest BCUT2D eigenvalue weighted by Gasteiger charge is 1.80. The summed E-state index contributed by atoms with van der Waals surface area (Å²) >= 11 is 4.16. The molecule has 0 bridgehead atoms. The zero-order chi connectivity index (χ0) is 5.86. The summed E-state index contributed by atoms with van der Waals surface area (Å²) in [5.74, 6) is 0. The van der Waals surface area contributed by atoms with Crippen molar-refractivity contribution in [2.75, 3.05) is 0 Å². The second-order valence-electron chi connectivity index (χ2n) is 1.49. The number of rotatable bonds is 1. The predicted octanol–water partition coefficient (Wildman–Crippen LogP) is 1.15. The van der Waals surface area contributed by atoms with Gasteiger partial charge in [-0.15, -0.1) is 0 Å². The van der Waals surface area contributed by atoms with E-state index in [2.05, 4.69) is 12.8 Å². The van der Waals surface area contributed by atoms with E-state index in [1.165, 1.54) is 6.20 Å². The maximum Gasteiger partial charge on any atom is 0.200 e. The molecule has 0 amide bonds. The highest BCUT2D eigenvalue weighted by molar-refractivity contribution is 7.51. The van der Waals surface area contributed by atoms with Crippen LogP contribution in [0.15, 0.2) is 11.8 Å². The Labute approximate surface area is 48.3 Å². The molecule has 0 fully saturated rings. The van der Waals surface area contributed by atoms with Gasteiger partial charge < -0.3 is 12.8 Å². The number of allylic oxidation sites excluding steroid dienone is 1. The molecule has 0 N–H and O–H groups in total. The molecule has 0 aliphatic heterocycles. The van der Waals surface area contributed by atoms with Gasteiger partial charge in [-0.3, -0.25) is 0 Å². The zero-order valence-electron chi connectivity index (χ0n) is 4.34. The van der Waals surface area contributed by atoms with Gasteiger partial charge in [-0.2, -0.15) is 0 Å². The van der Waals surface area contributed by atoms with Gasteiger partial charge in [0.25, 0.3) is 0 Å². The summed E-state index contributed by atoms with van der Waals surface area (Å²) in [7, 11) is 0. The van der Waals surface area contributed by atoms with E-state index >= 15 is 0 Å². The Morgan fingerprint density at radius 3 is 2.14 bits per heavy atom. The summed E-state index contributed by atoms with van der Waals surface area (Å²) in [5, 5.41) is 0. The molecule has 0 saturated carbocycles. The van der Waals surface area contributed by atoms with Crippen LogP contribution in [0.2, 0.25) is 0 Å². The third-order valence-corrected chi connectivity index (χ3v) is 0.469. The van der Waals surface area contributed by atoms with Gasteiger partial charge in [0.1, 0.15) is 0 Å².